The van der Waals surface area contributed by atoms with Crippen LogP contribution >= 0.6 is 0 Å². The number of aliphatic hydroxyl groups is 1. The number of aromatic nitrogens is 2. The van der Waals surface area contributed by atoms with E-state index < -0.39 is 0 Å². The van der Waals surface area contributed by atoms with Crippen LogP contribution in [0.2, 0.25) is 0 Å². The summed E-state index contributed by atoms with van der Waals surface area (Å²) in [6, 6.07) is 5.67. The Labute approximate surface area is 88.3 Å². The largest absolute Gasteiger partial charge is 0.399 e. The number of nitrogen functional groups attached to an aromatic ring is 1. The molecule has 0 spiro atoms. The summed E-state index contributed by atoms with van der Waals surface area (Å²) in [5, 5.41) is 9.00. The second-order valence-corrected chi connectivity index (χ2v) is 3.50. The van der Waals surface area contributed by atoms with Crippen molar-refractivity contribution in [2.75, 3.05) is 12.3 Å². The molecule has 0 bridgehead atoms. The number of imidazole rings is 1. The average molecular weight is 205 g/mol. The maximum absolute atomic E-state index is 9.00. The molecule has 0 aliphatic heterocycles. The van der Waals surface area contributed by atoms with E-state index in [1.165, 1.54) is 0 Å². The molecule has 0 saturated carbocycles. The summed E-state index contributed by atoms with van der Waals surface area (Å²) < 4.78 is 2.04. The number of fused-ring (bicyclic) bond motifs is 1. The molecule has 80 valence electrons. The van der Waals surface area contributed by atoms with Crippen LogP contribution in [0.4, 0.5) is 5.69 Å². The van der Waals surface area contributed by atoms with Crippen LogP contribution in [0.25, 0.3) is 11.0 Å². The number of hydrogen-bond acceptors (Lipinski definition) is 3. The first-order valence-electron chi connectivity index (χ1n) is 5.11. The van der Waals surface area contributed by atoms with E-state index in [1.54, 1.807) is 0 Å². The van der Waals surface area contributed by atoms with Crippen LogP contribution in [0.15, 0.2) is 18.2 Å². The zero-order valence-electron chi connectivity index (χ0n) is 8.77. The monoisotopic (exact) mass is 205 g/mol. The molecule has 2 rings (SSSR count). The van der Waals surface area contributed by atoms with Crippen molar-refractivity contribution in [3.8, 4) is 0 Å². The van der Waals surface area contributed by atoms with Gasteiger partial charge in [0.25, 0.3) is 0 Å². The van der Waals surface area contributed by atoms with Gasteiger partial charge in [0.05, 0.1) is 17.6 Å². The van der Waals surface area contributed by atoms with Crippen LogP contribution in [-0.2, 0) is 13.0 Å². The van der Waals surface area contributed by atoms with Crippen LogP contribution in [0.1, 0.15) is 12.7 Å². The Morgan fingerprint density at radius 3 is 2.93 bits per heavy atom. The van der Waals surface area contributed by atoms with E-state index in [-0.39, 0.29) is 6.61 Å². The molecule has 0 aliphatic carbocycles. The molecular weight excluding hydrogens is 190 g/mol. The Kier molecular flexibility index (Phi) is 2.60. The fraction of sp³-hybridized carbons (Fsp3) is 0.364. The lowest BCUT2D eigenvalue weighted by molar-refractivity contribution is 0.276. The molecule has 15 heavy (non-hydrogen) atoms. The van der Waals surface area contributed by atoms with Crippen molar-refractivity contribution in [3.63, 3.8) is 0 Å². The molecule has 2 aromatic rings. The predicted molar refractivity (Wildman–Crippen MR) is 60.6 cm³/mol. The summed E-state index contributed by atoms with van der Waals surface area (Å²) in [4.78, 5) is 4.48. The third-order valence-corrected chi connectivity index (χ3v) is 2.49. The summed E-state index contributed by atoms with van der Waals surface area (Å²) >= 11 is 0. The van der Waals surface area contributed by atoms with Gasteiger partial charge in [-0.1, -0.05) is 6.92 Å². The summed E-state index contributed by atoms with van der Waals surface area (Å²) in [6.07, 6.45) is 0.856. The van der Waals surface area contributed by atoms with E-state index in [0.717, 1.165) is 29.0 Å². The van der Waals surface area contributed by atoms with Gasteiger partial charge in [-0.3, -0.25) is 0 Å². The van der Waals surface area contributed by atoms with Crippen LogP contribution < -0.4 is 5.73 Å². The second-order valence-electron chi connectivity index (χ2n) is 3.50. The highest BCUT2D eigenvalue weighted by Crippen LogP contribution is 2.19. The highest BCUT2D eigenvalue weighted by atomic mass is 16.3. The fourth-order valence-corrected chi connectivity index (χ4v) is 1.82. The van der Waals surface area contributed by atoms with Crippen LogP contribution in [0.5, 0.6) is 0 Å². The lowest BCUT2D eigenvalue weighted by Crippen LogP contribution is -2.05. The Hall–Kier alpha value is -1.55. The van der Waals surface area contributed by atoms with E-state index in [0.29, 0.717) is 6.54 Å². The molecule has 1 heterocycles. The number of benzene rings is 1. The third-order valence-electron chi connectivity index (χ3n) is 2.49. The second kappa shape index (κ2) is 3.90. The minimum Gasteiger partial charge on any atom is -0.399 e. The highest BCUT2D eigenvalue weighted by Gasteiger charge is 2.08. The molecule has 0 atom stereocenters. The summed E-state index contributed by atoms with van der Waals surface area (Å²) in [7, 11) is 0. The highest BCUT2D eigenvalue weighted by molar-refractivity contribution is 5.79. The summed E-state index contributed by atoms with van der Waals surface area (Å²) in [5.41, 5.74) is 8.36. The van der Waals surface area contributed by atoms with E-state index in [1.807, 2.05) is 22.8 Å². The van der Waals surface area contributed by atoms with E-state index >= 15 is 0 Å². The smallest absolute Gasteiger partial charge is 0.109 e. The first-order chi connectivity index (χ1) is 7.26. The molecule has 1 aromatic carbocycles. The molecule has 4 heteroatoms. The molecular formula is C11H15N3O. The normalized spacial score (nSPS) is 11.1. The number of aryl methyl sites for hydroxylation is 1. The summed E-state index contributed by atoms with van der Waals surface area (Å²) in [5.74, 6) is 0.990. The Morgan fingerprint density at radius 2 is 2.27 bits per heavy atom. The van der Waals surface area contributed by atoms with Gasteiger partial charge >= 0.3 is 0 Å². The Bertz CT molecular complexity index is 476. The zero-order valence-corrected chi connectivity index (χ0v) is 8.77. The number of aliphatic hydroxyl groups excluding tert-OH is 1. The van der Waals surface area contributed by atoms with Gasteiger partial charge in [0.1, 0.15) is 5.82 Å². The Balaban J connectivity index is 2.63. The van der Waals surface area contributed by atoms with Crippen molar-refractivity contribution >= 4 is 16.7 Å². The van der Waals surface area contributed by atoms with E-state index in [9.17, 15) is 0 Å². The standard InChI is InChI=1S/C11H15N3O/c1-2-11-13-9-7-8(12)3-4-10(9)14(11)5-6-15/h3-4,7,15H,2,5-6,12H2,1H3. The van der Waals surface area contributed by atoms with Crippen LogP contribution in [0, 0.1) is 0 Å². The van der Waals surface area contributed by atoms with E-state index in [2.05, 4.69) is 11.9 Å². The number of nitrogens with zero attached hydrogens (tertiary/aromatic N) is 2. The first-order valence-corrected chi connectivity index (χ1v) is 5.11. The molecule has 0 fully saturated rings. The quantitative estimate of drug-likeness (QED) is 0.739. The predicted octanol–water partition coefficient (Wildman–Crippen LogP) is 1.17. The maximum Gasteiger partial charge on any atom is 0.109 e. The third kappa shape index (κ3) is 1.68. The molecule has 0 amide bonds. The van der Waals surface area contributed by atoms with Crippen molar-refractivity contribution in [1.29, 1.82) is 0 Å². The van der Waals surface area contributed by atoms with Gasteiger partial charge < -0.3 is 15.4 Å². The van der Waals surface area contributed by atoms with Gasteiger partial charge in [0, 0.05) is 18.7 Å². The van der Waals surface area contributed by atoms with E-state index in [4.69, 9.17) is 10.8 Å². The minimum absolute atomic E-state index is 0.128. The molecule has 0 aliphatic rings. The van der Waals surface area contributed by atoms with Crippen molar-refractivity contribution in [2.45, 2.75) is 19.9 Å². The molecule has 0 saturated heterocycles. The van der Waals surface area contributed by atoms with Gasteiger partial charge in [-0.05, 0) is 18.2 Å². The van der Waals surface area contributed by atoms with Crippen LogP contribution in [-0.4, -0.2) is 21.3 Å². The molecule has 4 nitrogen and oxygen atoms in total. The van der Waals surface area contributed by atoms with Gasteiger partial charge in [-0.25, -0.2) is 4.98 Å². The van der Waals surface area contributed by atoms with Gasteiger partial charge in [-0.15, -0.1) is 0 Å². The van der Waals surface area contributed by atoms with Crippen molar-refractivity contribution in [3.05, 3.63) is 24.0 Å². The SMILES string of the molecule is CCc1nc2cc(N)ccc2n1CCO. The Morgan fingerprint density at radius 1 is 1.47 bits per heavy atom. The minimum atomic E-state index is 0.128. The molecule has 1 aromatic heterocycles. The topological polar surface area (TPSA) is 64.1 Å². The molecule has 3 N–H and O–H groups in total. The maximum atomic E-state index is 9.00. The first kappa shape index (κ1) is 9.98. The molecule has 0 radical (unpaired) electrons. The van der Waals surface area contributed by atoms with Crippen molar-refractivity contribution < 1.29 is 5.11 Å². The molecule has 0 unspecified atom stereocenters. The van der Waals surface area contributed by atoms with Gasteiger partial charge in [-0.2, -0.15) is 0 Å². The van der Waals surface area contributed by atoms with Gasteiger partial charge in [0.2, 0.25) is 0 Å². The number of anilines is 1. The summed E-state index contributed by atoms with van der Waals surface area (Å²) in [6.45, 7) is 2.77. The lowest BCUT2D eigenvalue weighted by atomic mass is 10.3. The van der Waals surface area contributed by atoms with Crippen LogP contribution in [0.3, 0.4) is 0 Å². The fourth-order valence-electron chi connectivity index (χ4n) is 1.82. The van der Waals surface area contributed by atoms with Crippen molar-refractivity contribution in [2.24, 2.45) is 0 Å². The van der Waals surface area contributed by atoms with Gasteiger partial charge in [0.15, 0.2) is 0 Å². The average Bonchev–Trinajstić information content (AvgIpc) is 2.56. The number of hydrogen-bond donors (Lipinski definition) is 2. The van der Waals surface area contributed by atoms with Crippen molar-refractivity contribution in [1.82, 2.24) is 9.55 Å². The zero-order chi connectivity index (χ0) is 10.8. The lowest BCUT2D eigenvalue weighted by Gasteiger charge is -2.04. The number of nitrogens with two attached hydrogens (primary N) is 1. The number of rotatable bonds is 3.